The molecule has 1 aliphatic rings. The van der Waals surface area contributed by atoms with Crippen molar-refractivity contribution in [1.82, 2.24) is 9.80 Å². The maximum absolute atomic E-state index is 13.0. The number of carbonyl (C=O) groups excluding carboxylic acids is 2. The lowest BCUT2D eigenvalue weighted by Crippen LogP contribution is -2.50. The summed E-state index contributed by atoms with van der Waals surface area (Å²) in [6, 6.07) is 13.0. The normalized spacial score (nSPS) is 13.8. The van der Waals surface area contributed by atoms with Crippen LogP contribution in [0.3, 0.4) is 0 Å². The van der Waals surface area contributed by atoms with Gasteiger partial charge in [0.05, 0.1) is 13.2 Å². The van der Waals surface area contributed by atoms with Crippen LogP contribution >= 0.6 is 0 Å². The van der Waals surface area contributed by atoms with Crippen LogP contribution in [-0.4, -0.2) is 61.0 Å². The molecule has 0 spiro atoms. The third-order valence-electron chi connectivity index (χ3n) is 4.95. The van der Waals surface area contributed by atoms with E-state index in [1.807, 2.05) is 31.2 Å². The first-order chi connectivity index (χ1) is 14.6. The van der Waals surface area contributed by atoms with Crippen LogP contribution in [0.1, 0.15) is 30.1 Å². The molecule has 2 amide bonds. The Morgan fingerprint density at radius 2 is 1.50 bits per heavy atom. The molecule has 0 aromatic heterocycles. The van der Waals surface area contributed by atoms with Crippen LogP contribution in [0.15, 0.2) is 48.5 Å². The van der Waals surface area contributed by atoms with E-state index in [2.05, 4.69) is 0 Å². The number of hydrogen-bond acceptors (Lipinski definition) is 4. The minimum atomic E-state index is -0.368. The second kappa shape index (κ2) is 10.6. The minimum absolute atomic E-state index is 0.0607. The van der Waals surface area contributed by atoms with Crippen LogP contribution in [0.25, 0.3) is 0 Å². The molecule has 1 saturated heterocycles. The number of piperazine rings is 1. The molecule has 6 nitrogen and oxygen atoms in total. The molecule has 1 fully saturated rings. The van der Waals surface area contributed by atoms with Gasteiger partial charge in [-0.2, -0.15) is 0 Å². The second-order valence-corrected chi connectivity index (χ2v) is 7.01. The average molecular weight is 414 g/mol. The first-order valence-electron chi connectivity index (χ1n) is 10.3. The maximum Gasteiger partial charge on any atom is 0.253 e. The highest BCUT2D eigenvalue weighted by Gasteiger charge is 2.24. The summed E-state index contributed by atoms with van der Waals surface area (Å²) in [4.78, 5) is 28.4. The molecule has 160 valence electrons. The van der Waals surface area contributed by atoms with Crippen molar-refractivity contribution >= 4 is 11.8 Å². The third kappa shape index (κ3) is 5.72. The number of hydrogen-bond donors (Lipinski definition) is 0. The van der Waals surface area contributed by atoms with Gasteiger partial charge >= 0.3 is 0 Å². The lowest BCUT2D eigenvalue weighted by Gasteiger charge is -2.35. The van der Waals surface area contributed by atoms with Crippen molar-refractivity contribution in [3.63, 3.8) is 0 Å². The fraction of sp³-hybridized carbons (Fsp3) is 0.391. The highest BCUT2D eigenvalue weighted by Crippen LogP contribution is 2.26. The Morgan fingerprint density at radius 1 is 0.900 bits per heavy atom. The Hall–Kier alpha value is -3.09. The third-order valence-corrected chi connectivity index (χ3v) is 4.95. The molecule has 0 atom stereocenters. The summed E-state index contributed by atoms with van der Waals surface area (Å²) >= 11 is 0. The molecule has 1 heterocycles. The summed E-state index contributed by atoms with van der Waals surface area (Å²) in [5, 5.41) is 0. The molecule has 1 aliphatic heterocycles. The second-order valence-electron chi connectivity index (χ2n) is 7.01. The van der Waals surface area contributed by atoms with E-state index in [0.29, 0.717) is 69.3 Å². The monoisotopic (exact) mass is 414 g/mol. The molecule has 7 heteroatoms. The van der Waals surface area contributed by atoms with E-state index in [-0.39, 0.29) is 17.6 Å². The first-order valence-corrected chi connectivity index (χ1v) is 10.3. The fourth-order valence-electron chi connectivity index (χ4n) is 3.34. The zero-order valence-electron chi connectivity index (χ0n) is 17.2. The van der Waals surface area contributed by atoms with E-state index in [0.717, 1.165) is 0 Å². The van der Waals surface area contributed by atoms with E-state index in [4.69, 9.17) is 9.47 Å². The summed E-state index contributed by atoms with van der Waals surface area (Å²) in [6.07, 6.45) is 0.997. The molecule has 0 radical (unpaired) electrons. The Balaban J connectivity index is 1.39. The van der Waals surface area contributed by atoms with Crippen molar-refractivity contribution in [3.05, 3.63) is 59.9 Å². The summed E-state index contributed by atoms with van der Waals surface area (Å²) in [7, 11) is 0. The number of para-hydroxylation sites is 2. The van der Waals surface area contributed by atoms with Gasteiger partial charge in [0.25, 0.3) is 5.91 Å². The van der Waals surface area contributed by atoms with Gasteiger partial charge in [0.15, 0.2) is 11.5 Å². The smallest absolute Gasteiger partial charge is 0.253 e. The van der Waals surface area contributed by atoms with Gasteiger partial charge < -0.3 is 19.3 Å². The highest BCUT2D eigenvalue weighted by molar-refractivity contribution is 5.94. The van der Waals surface area contributed by atoms with Crippen LogP contribution in [-0.2, 0) is 4.79 Å². The number of halogens is 1. The fourth-order valence-corrected chi connectivity index (χ4v) is 3.34. The first kappa shape index (κ1) is 21.6. The Bertz CT molecular complexity index is 849. The molecular weight excluding hydrogens is 387 g/mol. The maximum atomic E-state index is 13.0. The lowest BCUT2D eigenvalue weighted by atomic mass is 10.1. The van der Waals surface area contributed by atoms with Crippen molar-refractivity contribution in [2.75, 3.05) is 39.4 Å². The SMILES string of the molecule is CCOc1ccccc1OCCCC(=O)N1CCN(C(=O)c2ccc(F)cc2)CC1. The number of benzene rings is 2. The number of nitrogens with zero attached hydrogens (tertiary/aromatic N) is 2. The molecule has 0 aliphatic carbocycles. The van der Waals surface area contributed by atoms with Gasteiger partial charge in [0, 0.05) is 38.2 Å². The zero-order chi connectivity index (χ0) is 21.3. The zero-order valence-corrected chi connectivity index (χ0v) is 17.2. The van der Waals surface area contributed by atoms with Crippen molar-refractivity contribution in [1.29, 1.82) is 0 Å². The summed E-state index contributed by atoms with van der Waals surface area (Å²) in [6.45, 7) is 4.86. The van der Waals surface area contributed by atoms with Gasteiger partial charge in [-0.25, -0.2) is 4.39 Å². The number of carbonyl (C=O) groups is 2. The molecule has 3 rings (SSSR count). The van der Waals surface area contributed by atoms with Crippen LogP contribution in [0.2, 0.25) is 0 Å². The van der Waals surface area contributed by atoms with Gasteiger partial charge in [-0.1, -0.05) is 12.1 Å². The lowest BCUT2D eigenvalue weighted by molar-refractivity contribution is -0.132. The van der Waals surface area contributed by atoms with Gasteiger partial charge in [-0.05, 0) is 49.7 Å². The van der Waals surface area contributed by atoms with Crippen molar-refractivity contribution in [3.8, 4) is 11.5 Å². The van der Waals surface area contributed by atoms with E-state index in [1.165, 1.54) is 24.3 Å². The van der Waals surface area contributed by atoms with Crippen LogP contribution < -0.4 is 9.47 Å². The number of rotatable bonds is 8. The molecule has 2 aromatic rings. The van der Waals surface area contributed by atoms with E-state index in [1.54, 1.807) is 9.80 Å². The van der Waals surface area contributed by atoms with Gasteiger partial charge in [0.1, 0.15) is 5.82 Å². The summed E-state index contributed by atoms with van der Waals surface area (Å²) < 4.78 is 24.3. The minimum Gasteiger partial charge on any atom is -0.490 e. The van der Waals surface area contributed by atoms with E-state index >= 15 is 0 Å². The average Bonchev–Trinajstić information content (AvgIpc) is 2.78. The standard InChI is InChI=1S/C23H27FN2O4/c1-2-29-20-6-3-4-7-21(20)30-17-5-8-22(27)25-13-15-26(16-14-25)23(28)18-9-11-19(24)12-10-18/h3-4,6-7,9-12H,2,5,8,13-17H2,1H3. The molecule has 0 bridgehead atoms. The Labute approximate surface area is 176 Å². The van der Waals surface area contributed by atoms with Crippen molar-refractivity contribution in [2.24, 2.45) is 0 Å². The molecule has 2 aromatic carbocycles. The Kier molecular flexibility index (Phi) is 7.65. The molecule has 0 unspecified atom stereocenters. The van der Waals surface area contributed by atoms with Gasteiger partial charge in [-0.15, -0.1) is 0 Å². The van der Waals surface area contributed by atoms with Crippen LogP contribution in [0, 0.1) is 5.82 Å². The van der Waals surface area contributed by atoms with Gasteiger partial charge in [-0.3, -0.25) is 9.59 Å². The van der Waals surface area contributed by atoms with Gasteiger partial charge in [0.2, 0.25) is 5.91 Å². The Morgan fingerprint density at radius 3 is 2.13 bits per heavy atom. The predicted octanol–water partition coefficient (Wildman–Crippen LogP) is 3.37. The highest BCUT2D eigenvalue weighted by atomic mass is 19.1. The summed E-state index contributed by atoms with van der Waals surface area (Å²) in [5.74, 6) is 0.939. The van der Waals surface area contributed by atoms with Crippen LogP contribution in [0.5, 0.6) is 11.5 Å². The predicted molar refractivity (Wildman–Crippen MR) is 111 cm³/mol. The van der Waals surface area contributed by atoms with E-state index in [9.17, 15) is 14.0 Å². The largest absolute Gasteiger partial charge is 0.490 e. The number of ether oxygens (including phenoxy) is 2. The van der Waals surface area contributed by atoms with E-state index < -0.39 is 0 Å². The topological polar surface area (TPSA) is 59.1 Å². The molecule has 0 saturated carbocycles. The quantitative estimate of drug-likeness (QED) is 0.622. The summed E-state index contributed by atoms with van der Waals surface area (Å²) in [5.41, 5.74) is 0.459. The molecular formula is C23H27FN2O4. The van der Waals surface area contributed by atoms with Crippen molar-refractivity contribution in [2.45, 2.75) is 19.8 Å². The van der Waals surface area contributed by atoms with Crippen LogP contribution in [0.4, 0.5) is 4.39 Å². The van der Waals surface area contributed by atoms with Crippen molar-refractivity contribution < 1.29 is 23.5 Å². The molecule has 0 N–H and O–H groups in total. The molecule has 30 heavy (non-hydrogen) atoms. The number of amides is 2.